The van der Waals surface area contributed by atoms with E-state index in [4.69, 9.17) is 19.2 Å². The van der Waals surface area contributed by atoms with Crippen LogP contribution in [0.15, 0.2) is 48.7 Å². The number of nitrogens with one attached hydrogen (secondary N) is 2. The molecule has 1 atom stereocenters. The molecule has 1 unspecified atom stereocenters. The third-order valence-electron chi connectivity index (χ3n) is 7.01. The summed E-state index contributed by atoms with van der Waals surface area (Å²) in [5.74, 6) is 3.75. The molecule has 3 aromatic rings. The molecule has 1 fully saturated rings. The molecule has 0 spiro atoms. The number of hydrogen-bond donors (Lipinski definition) is 2. The smallest absolute Gasteiger partial charge is 0.229 e. The van der Waals surface area contributed by atoms with Crippen molar-refractivity contribution in [3.05, 3.63) is 59.8 Å². The Bertz CT molecular complexity index is 1220. The first-order chi connectivity index (χ1) is 18.9. The zero-order chi connectivity index (χ0) is 27.8. The Hall–Kier alpha value is -4.01. The minimum absolute atomic E-state index is 0.0854. The average molecular weight is 534 g/mol. The number of methoxy groups -OCH3 is 3. The third-order valence-corrected chi connectivity index (χ3v) is 7.01. The largest absolute Gasteiger partial charge is 0.493 e. The highest BCUT2D eigenvalue weighted by atomic mass is 16.5. The Morgan fingerprint density at radius 2 is 1.77 bits per heavy atom. The highest BCUT2D eigenvalue weighted by molar-refractivity contribution is 5.76. The van der Waals surface area contributed by atoms with Crippen LogP contribution in [0.25, 0.3) is 0 Å². The van der Waals surface area contributed by atoms with Crippen molar-refractivity contribution < 1.29 is 19.0 Å². The van der Waals surface area contributed by atoms with Gasteiger partial charge in [-0.25, -0.2) is 4.98 Å². The molecule has 208 valence electrons. The molecular formula is C30H39N5O4. The van der Waals surface area contributed by atoms with Crippen LogP contribution >= 0.6 is 0 Å². The van der Waals surface area contributed by atoms with Crippen LogP contribution in [0.5, 0.6) is 17.2 Å². The first-order valence-corrected chi connectivity index (χ1v) is 13.4. The lowest BCUT2D eigenvalue weighted by atomic mass is 9.94. The van der Waals surface area contributed by atoms with Gasteiger partial charge in [-0.3, -0.25) is 4.79 Å². The molecule has 1 aliphatic heterocycles. The third kappa shape index (κ3) is 7.31. The molecule has 2 aromatic carbocycles. The van der Waals surface area contributed by atoms with Gasteiger partial charge in [-0.15, -0.1) is 0 Å². The van der Waals surface area contributed by atoms with Gasteiger partial charge in [0.2, 0.25) is 17.6 Å². The van der Waals surface area contributed by atoms with Crippen LogP contribution < -0.4 is 29.7 Å². The van der Waals surface area contributed by atoms with Gasteiger partial charge in [-0.05, 0) is 41.9 Å². The Labute approximate surface area is 230 Å². The molecule has 0 saturated carbocycles. The number of carbonyl (C=O) groups excluding carboxylic acids is 1. The minimum atomic E-state index is 0.0854. The summed E-state index contributed by atoms with van der Waals surface area (Å²) in [5.41, 5.74) is 3.14. The van der Waals surface area contributed by atoms with Gasteiger partial charge in [0.25, 0.3) is 0 Å². The molecule has 2 N–H and O–H groups in total. The highest BCUT2D eigenvalue weighted by Crippen LogP contribution is 2.40. The molecule has 0 bridgehead atoms. The van der Waals surface area contributed by atoms with Crippen LogP contribution in [0.1, 0.15) is 50.2 Å². The molecule has 39 heavy (non-hydrogen) atoms. The first-order valence-electron chi connectivity index (χ1n) is 13.4. The number of benzene rings is 2. The van der Waals surface area contributed by atoms with Crippen molar-refractivity contribution in [1.29, 1.82) is 0 Å². The summed E-state index contributed by atoms with van der Waals surface area (Å²) in [5, 5.41) is 6.33. The van der Waals surface area contributed by atoms with E-state index in [-0.39, 0.29) is 11.8 Å². The summed E-state index contributed by atoms with van der Waals surface area (Å²) in [6.07, 6.45) is 4.27. The predicted octanol–water partition coefficient (Wildman–Crippen LogP) is 5.29. The highest BCUT2D eigenvalue weighted by Gasteiger charge is 2.23. The quantitative estimate of drug-likeness (QED) is 0.343. The molecule has 9 nitrogen and oxygen atoms in total. The second-order valence-corrected chi connectivity index (χ2v) is 10.1. The van der Waals surface area contributed by atoms with Crippen molar-refractivity contribution in [2.45, 2.75) is 45.6 Å². The number of anilines is 3. The lowest BCUT2D eigenvalue weighted by Gasteiger charge is -2.33. The van der Waals surface area contributed by atoms with Gasteiger partial charge in [0, 0.05) is 50.1 Å². The molecule has 1 amide bonds. The van der Waals surface area contributed by atoms with E-state index in [2.05, 4.69) is 58.6 Å². The summed E-state index contributed by atoms with van der Waals surface area (Å²) in [6.45, 7) is 6.57. The molecule has 2 heterocycles. The molecule has 4 rings (SSSR count). The van der Waals surface area contributed by atoms with Crippen molar-refractivity contribution in [1.82, 2.24) is 15.3 Å². The van der Waals surface area contributed by atoms with E-state index in [0.717, 1.165) is 37.3 Å². The van der Waals surface area contributed by atoms with Crippen LogP contribution in [0.2, 0.25) is 0 Å². The van der Waals surface area contributed by atoms with Crippen molar-refractivity contribution in [3.63, 3.8) is 0 Å². The average Bonchev–Trinajstić information content (AvgIpc) is 2.96. The van der Waals surface area contributed by atoms with Crippen LogP contribution in [0, 0.1) is 5.92 Å². The molecule has 1 aromatic heterocycles. The summed E-state index contributed by atoms with van der Waals surface area (Å²) in [4.78, 5) is 24.1. The number of ether oxygens (including phenoxy) is 3. The summed E-state index contributed by atoms with van der Waals surface area (Å²) in [6, 6.07) is 14.0. The van der Waals surface area contributed by atoms with Gasteiger partial charge in [0.15, 0.2) is 11.5 Å². The van der Waals surface area contributed by atoms with Crippen molar-refractivity contribution >= 4 is 23.4 Å². The summed E-state index contributed by atoms with van der Waals surface area (Å²) < 4.78 is 16.3. The zero-order valence-corrected chi connectivity index (χ0v) is 23.5. The number of amides is 1. The van der Waals surface area contributed by atoms with Gasteiger partial charge in [-0.2, -0.15) is 4.98 Å². The van der Waals surface area contributed by atoms with Crippen molar-refractivity contribution in [2.24, 2.45) is 5.92 Å². The second kappa shape index (κ2) is 13.2. The topological polar surface area (TPSA) is 97.8 Å². The Balaban J connectivity index is 1.35. The number of piperidine rings is 1. The van der Waals surface area contributed by atoms with E-state index < -0.39 is 0 Å². The number of rotatable bonds is 11. The SMILES string of the molecule is COc1cc(Nc2nccc(N3CCCC(CC(=O)NCc4ccc(C(C)C)cc4)C3)n2)cc(OC)c1OC. The van der Waals surface area contributed by atoms with Crippen molar-refractivity contribution in [3.8, 4) is 17.2 Å². The standard InChI is InChI=1S/C30H39N5O4/c1-20(2)23-10-8-21(9-11-23)18-32-28(36)15-22-7-6-14-35(19-22)27-12-13-31-30(34-27)33-24-16-25(37-3)29(39-5)26(17-24)38-4/h8-13,16-17,20,22H,6-7,14-15,18-19H2,1-5H3,(H,32,36)(H,31,33,34). The fourth-order valence-electron chi connectivity index (χ4n) is 4.86. The van der Waals surface area contributed by atoms with E-state index in [1.165, 1.54) is 5.56 Å². The molecule has 9 heteroatoms. The molecule has 1 aliphatic rings. The van der Waals surface area contributed by atoms with E-state index in [0.29, 0.717) is 47.8 Å². The Kier molecular flexibility index (Phi) is 9.46. The maximum absolute atomic E-state index is 12.7. The van der Waals surface area contributed by atoms with Crippen molar-refractivity contribution in [2.75, 3.05) is 44.6 Å². The number of nitrogens with zero attached hydrogens (tertiary/aromatic N) is 3. The lowest BCUT2D eigenvalue weighted by Crippen LogP contribution is -2.38. The van der Waals surface area contributed by atoms with E-state index in [9.17, 15) is 4.79 Å². The Morgan fingerprint density at radius 3 is 2.41 bits per heavy atom. The monoisotopic (exact) mass is 533 g/mol. The molecular weight excluding hydrogens is 494 g/mol. The minimum Gasteiger partial charge on any atom is -0.493 e. The van der Waals surface area contributed by atoms with E-state index in [1.54, 1.807) is 27.5 Å². The van der Waals surface area contributed by atoms with Crippen LogP contribution in [0.4, 0.5) is 17.5 Å². The summed E-state index contributed by atoms with van der Waals surface area (Å²) in [7, 11) is 4.73. The zero-order valence-electron chi connectivity index (χ0n) is 23.5. The fourth-order valence-corrected chi connectivity index (χ4v) is 4.86. The predicted molar refractivity (Wildman–Crippen MR) is 153 cm³/mol. The molecule has 0 aliphatic carbocycles. The maximum Gasteiger partial charge on any atom is 0.229 e. The van der Waals surface area contributed by atoms with Crippen LogP contribution in [0.3, 0.4) is 0 Å². The van der Waals surface area contributed by atoms with Gasteiger partial charge < -0.3 is 29.7 Å². The van der Waals surface area contributed by atoms with E-state index in [1.807, 2.05) is 18.2 Å². The normalized spacial score (nSPS) is 15.1. The first kappa shape index (κ1) is 28.0. The second-order valence-electron chi connectivity index (χ2n) is 10.1. The molecule has 0 radical (unpaired) electrons. The number of hydrogen-bond acceptors (Lipinski definition) is 8. The fraction of sp³-hybridized carbons (Fsp3) is 0.433. The summed E-state index contributed by atoms with van der Waals surface area (Å²) >= 11 is 0. The lowest BCUT2D eigenvalue weighted by molar-refractivity contribution is -0.122. The Morgan fingerprint density at radius 1 is 1.05 bits per heavy atom. The maximum atomic E-state index is 12.7. The van der Waals surface area contributed by atoms with Crippen LogP contribution in [-0.2, 0) is 11.3 Å². The number of aromatic nitrogens is 2. The van der Waals surface area contributed by atoms with Gasteiger partial charge in [0.1, 0.15) is 5.82 Å². The number of carbonyl (C=O) groups is 1. The molecule has 1 saturated heterocycles. The van der Waals surface area contributed by atoms with Gasteiger partial charge in [-0.1, -0.05) is 38.1 Å². The van der Waals surface area contributed by atoms with Gasteiger partial charge >= 0.3 is 0 Å². The van der Waals surface area contributed by atoms with E-state index >= 15 is 0 Å². The van der Waals surface area contributed by atoms with Crippen LogP contribution in [-0.4, -0.2) is 50.3 Å². The van der Waals surface area contributed by atoms with Gasteiger partial charge in [0.05, 0.1) is 21.3 Å².